The Morgan fingerprint density at radius 1 is 1.61 bits per heavy atom. The number of aliphatic hydroxyl groups is 1. The van der Waals surface area contributed by atoms with Crippen molar-refractivity contribution >= 4 is 11.6 Å². The molecule has 18 heavy (non-hydrogen) atoms. The van der Waals surface area contributed by atoms with Gasteiger partial charge in [-0.15, -0.1) is 0 Å². The monoisotopic (exact) mass is 256 g/mol. The Kier molecular flexibility index (Phi) is 4.33. The van der Waals surface area contributed by atoms with E-state index in [0.29, 0.717) is 0 Å². The summed E-state index contributed by atoms with van der Waals surface area (Å²) in [6, 6.07) is 1.38. The van der Waals surface area contributed by atoms with Crippen LogP contribution in [-0.2, 0) is 0 Å². The fraction of sp³-hybridized carbons (Fsp3) is 0.364. The summed E-state index contributed by atoms with van der Waals surface area (Å²) in [5.74, 6) is -1.59. The van der Waals surface area contributed by atoms with Crippen LogP contribution in [0.4, 0.5) is 10.1 Å². The number of nitrogens with zero attached hydrogens (tertiary/aromatic N) is 1. The number of nitro groups is 1. The van der Waals surface area contributed by atoms with Crippen molar-refractivity contribution in [2.45, 2.75) is 19.9 Å². The third-order valence-electron chi connectivity index (χ3n) is 2.35. The van der Waals surface area contributed by atoms with Gasteiger partial charge in [-0.1, -0.05) is 0 Å². The van der Waals surface area contributed by atoms with Gasteiger partial charge in [0.1, 0.15) is 5.82 Å². The molecule has 7 heteroatoms. The van der Waals surface area contributed by atoms with Gasteiger partial charge in [-0.2, -0.15) is 0 Å². The fourth-order valence-electron chi connectivity index (χ4n) is 1.37. The number of hydrogen-bond acceptors (Lipinski definition) is 4. The molecule has 0 fully saturated rings. The van der Waals surface area contributed by atoms with Crippen LogP contribution >= 0.6 is 0 Å². The van der Waals surface area contributed by atoms with Crippen LogP contribution in [0.1, 0.15) is 22.8 Å². The molecule has 0 bridgehead atoms. The first-order valence-corrected chi connectivity index (χ1v) is 5.23. The van der Waals surface area contributed by atoms with Gasteiger partial charge >= 0.3 is 0 Å². The van der Waals surface area contributed by atoms with Crippen molar-refractivity contribution in [1.29, 1.82) is 0 Å². The normalized spacial score (nSPS) is 12.0. The van der Waals surface area contributed by atoms with Crippen LogP contribution < -0.4 is 5.32 Å². The largest absolute Gasteiger partial charge is 0.394 e. The van der Waals surface area contributed by atoms with Crippen molar-refractivity contribution in [3.05, 3.63) is 39.2 Å². The van der Waals surface area contributed by atoms with Gasteiger partial charge in [-0.3, -0.25) is 14.9 Å². The lowest BCUT2D eigenvalue weighted by molar-refractivity contribution is -0.385. The number of aryl methyl sites for hydroxylation is 1. The highest BCUT2D eigenvalue weighted by molar-refractivity contribution is 5.95. The Morgan fingerprint density at radius 3 is 2.72 bits per heavy atom. The number of carbonyl (C=O) groups is 1. The summed E-state index contributed by atoms with van der Waals surface area (Å²) < 4.78 is 13.7. The van der Waals surface area contributed by atoms with Gasteiger partial charge in [0.05, 0.1) is 17.1 Å². The zero-order valence-corrected chi connectivity index (χ0v) is 9.94. The molecule has 0 aliphatic rings. The van der Waals surface area contributed by atoms with Crippen LogP contribution in [0.25, 0.3) is 0 Å². The molecule has 1 rings (SSSR count). The number of amides is 1. The number of rotatable bonds is 4. The minimum atomic E-state index is -0.803. The van der Waals surface area contributed by atoms with E-state index in [1.165, 1.54) is 13.8 Å². The zero-order chi connectivity index (χ0) is 13.9. The van der Waals surface area contributed by atoms with Crippen LogP contribution in [0, 0.1) is 22.9 Å². The van der Waals surface area contributed by atoms with Crippen molar-refractivity contribution in [2.75, 3.05) is 6.61 Å². The molecule has 0 aliphatic heterocycles. The molecule has 98 valence electrons. The predicted molar refractivity (Wildman–Crippen MR) is 61.8 cm³/mol. The molecule has 0 saturated carbocycles. The van der Waals surface area contributed by atoms with Gasteiger partial charge in [0, 0.05) is 18.2 Å². The molecule has 0 aliphatic carbocycles. The second kappa shape index (κ2) is 5.54. The standard InChI is InChI=1S/C11H13FN2O4/c1-6-3-8(14(17)18)4-9(10(6)12)11(16)13-7(2)5-15/h3-4,7,15H,5H2,1-2H3,(H,13,16). The second-order valence-corrected chi connectivity index (χ2v) is 3.94. The maximum Gasteiger partial charge on any atom is 0.270 e. The minimum absolute atomic E-state index is 0.0194. The highest BCUT2D eigenvalue weighted by Crippen LogP contribution is 2.21. The van der Waals surface area contributed by atoms with E-state index in [1.54, 1.807) is 0 Å². The lowest BCUT2D eigenvalue weighted by atomic mass is 10.1. The number of non-ortho nitro benzene ring substituents is 1. The van der Waals surface area contributed by atoms with E-state index in [9.17, 15) is 19.3 Å². The summed E-state index contributed by atoms with van der Waals surface area (Å²) in [4.78, 5) is 21.6. The third kappa shape index (κ3) is 3.01. The van der Waals surface area contributed by atoms with Crippen LogP contribution in [-0.4, -0.2) is 28.6 Å². The van der Waals surface area contributed by atoms with Gasteiger partial charge in [0.25, 0.3) is 11.6 Å². The summed E-state index contributed by atoms with van der Waals surface area (Å²) in [6.07, 6.45) is 0. The Labute approximate surface area is 103 Å². The second-order valence-electron chi connectivity index (χ2n) is 3.94. The number of benzene rings is 1. The number of nitrogens with one attached hydrogen (secondary N) is 1. The van der Waals surface area contributed by atoms with E-state index in [1.807, 2.05) is 0 Å². The average Bonchev–Trinajstić information content (AvgIpc) is 2.31. The Morgan fingerprint density at radius 2 is 2.22 bits per heavy atom. The Balaban J connectivity index is 3.14. The molecular formula is C11H13FN2O4. The van der Waals surface area contributed by atoms with E-state index in [-0.39, 0.29) is 17.9 Å². The molecule has 0 heterocycles. The van der Waals surface area contributed by atoms with Gasteiger partial charge in [0.2, 0.25) is 0 Å². The van der Waals surface area contributed by atoms with Crippen molar-refractivity contribution < 1.29 is 19.2 Å². The topological polar surface area (TPSA) is 92.5 Å². The van der Waals surface area contributed by atoms with Crippen molar-refractivity contribution in [3.63, 3.8) is 0 Å². The third-order valence-corrected chi connectivity index (χ3v) is 2.35. The van der Waals surface area contributed by atoms with Gasteiger partial charge in [0.15, 0.2) is 0 Å². The zero-order valence-electron chi connectivity index (χ0n) is 9.94. The van der Waals surface area contributed by atoms with Crippen molar-refractivity contribution in [3.8, 4) is 0 Å². The molecule has 0 aromatic heterocycles. The fourth-order valence-corrected chi connectivity index (χ4v) is 1.37. The van der Waals surface area contributed by atoms with E-state index >= 15 is 0 Å². The number of hydrogen-bond donors (Lipinski definition) is 2. The Bertz CT molecular complexity index is 490. The summed E-state index contributed by atoms with van der Waals surface area (Å²) in [7, 11) is 0. The quantitative estimate of drug-likeness (QED) is 0.624. The van der Waals surface area contributed by atoms with E-state index in [2.05, 4.69) is 5.32 Å². The molecule has 1 aromatic carbocycles. The molecule has 1 atom stereocenters. The van der Waals surface area contributed by atoms with Crippen molar-refractivity contribution in [2.24, 2.45) is 0 Å². The molecule has 1 aromatic rings. The summed E-state index contributed by atoms with van der Waals surface area (Å²) in [5.41, 5.74) is -0.733. The first kappa shape index (κ1) is 14.0. The molecule has 1 unspecified atom stereocenters. The Hall–Kier alpha value is -2.02. The maximum absolute atomic E-state index is 13.7. The van der Waals surface area contributed by atoms with Crippen molar-refractivity contribution in [1.82, 2.24) is 5.32 Å². The molecule has 1 amide bonds. The highest BCUT2D eigenvalue weighted by Gasteiger charge is 2.20. The summed E-state index contributed by atoms with van der Waals surface area (Å²) >= 11 is 0. The lowest BCUT2D eigenvalue weighted by Crippen LogP contribution is -2.35. The first-order chi connectivity index (χ1) is 8.36. The van der Waals surface area contributed by atoms with E-state index in [0.717, 1.165) is 12.1 Å². The van der Waals surface area contributed by atoms with Gasteiger partial charge < -0.3 is 10.4 Å². The first-order valence-electron chi connectivity index (χ1n) is 5.23. The van der Waals surface area contributed by atoms with Crippen LogP contribution in [0.2, 0.25) is 0 Å². The number of aliphatic hydroxyl groups excluding tert-OH is 1. The minimum Gasteiger partial charge on any atom is -0.394 e. The molecule has 0 radical (unpaired) electrons. The van der Waals surface area contributed by atoms with Crippen LogP contribution in [0.3, 0.4) is 0 Å². The highest BCUT2D eigenvalue weighted by atomic mass is 19.1. The SMILES string of the molecule is Cc1cc([N+](=O)[O-])cc(C(=O)NC(C)CO)c1F. The summed E-state index contributed by atoms with van der Waals surface area (Å²) in [6.45, 7) is 2.57. The molecular weight excluding hydrogens is 243 g/mol. The smallest absolute Gasteiger partial charge is 0.270 e. The van der Waals surface area contributed by atoms with Crippen LogP contribution in [0.5, 0.6) is 0 Å². The average molecular weight is 256 g/mol. The molecule has 0 saturated heterocycles. The summed E-state index contributed by atoms with van der Waals surface area (Å²) in [5, 5.41) is 21.7. The number of halogens is 1. The maximum atomic E-state index is 13.7. The van der Waals surface area contributed by atoms with Gasteiger partial charge in [-0.25, -0.2) is 4.39 Å². The molecule has 0 spiro atoms. The molecule has 2 N–H and O–H groups in total. The van der Waals surface area contributed by atoms with E-state index < -0.39 is 28.3 Å². The van der Waals surface area contributed by atoms with E-state index in [4.69, 9.17) is 5.11 Å². The predicted octanol–water partition coefficient (Wildman–Crippen LogP) is 1.15. The number of nitro benzene ring substituents is 1. The van der Waals surface area contributed by atoms with Gasteiger partial charge in [-0.05, 0) is 19.4 Å². The molecule has 6 nitrogen and oxygen atoms in total. The number of carbonyl (C=O) groups excluding carboxylic acids is 1. The van der Waals surface area contributed by atoms with Crippen LogP contribution in [0.15, 0.2) is 12.1 Å². The lowest BCUT2D eigenvalue weighted by Gasteiger charge is -2.11.